The number of aromatic nitrogens is 2. The molecule has 0 aromatic carbocycles. The third-order valence-corrected chi connectivity index (χ3v) is 12.4. The lowest BCUT2D eigenvalue weighted by molar-refractivity contribution is 0.0295. The summed E-state index contributed by atoms with van der Waals surface area (Å²) >= 11 is 0. The third kappa shape index (κ3) is 7.13. The van der Waals surface area contributed by atoms with Gasteiger partial charge in [0.15, 0.2) is 11.5 Å². The van der Waals surface area contributed by atoms with E-state index in [-0.39, 0.29) is 36.4 Å². The van der Waals surface area contributed by atoms with E-state index in [1.807, 2.05) is 20.8 Å². The van der Waals surface area contributed by atoms with Crippen molar-refractivity contribution in [1.29, 1.82) is 0 Å². The van der Waals surface area contributed by atoms with Gasteiger partial charge >= 0.3 is 6.09 Å². The Morgan fingerprint density at radius 3 is 1.54 bits per heavy atom. The van der Waals surface area contributed by atoms with Gasteiger partial charge in [0.05, 0.1) is 12.4 Å². The van der Waals surface area contributed by atoms with Gasteiger partial charge in [-0.05, 0) is 51.2 Å². The van der Waals surface area contributed by atoms with Crippen LogP contribution in [0.1, 0.15) is 47.5 Å². The number of ether oxygens (including phenoxy) is 5. The molecule has 0 saturated heterocycles. The first kappa shape index (κ1) is 35.9. The standard InChI is InChI=1S/C18H23N3O6S.C14H16N2O4S.CH4/c1-18(2,3)27-17(22)20-8-12-10-21(11-13(12)9-20)28(23,24)14-6-15-16(19-7-14)26-5-4-25-15;17-21(18,16-8-10-2-1-3-11(10)9-16)12-6-13-14(15-7-12)20-5-4-19-13;/h6-7H,4-5,8-11H2,1-3H3;6-7H,1-5,8-9H2;1H4. The number of rotatable bonds is 4. The Hall–Kier alpha value is -3.93. The van der Waals surface area contributed by atoms with Gasteiger partial charge in [0, 0.05) is 51.4 Å². The molecule has 0 radical (unpaired) electrons. The van der Waals surface area contributed by atoms with Crippen LogP contribution in [-0.4, -0.2) is 118 Å². The molecule has 50 heavy (non-hydrogen) atoms. The predicted octanol–water partition coefficient (Wildman–Crippen LogP) is 3.38. The molecule has 2 aromatic rings. The number of sulfonamides is 2. The summed E-state index contributed by atoms with van der Waals surface area (Å²) < 4.78 is 81.3. The summed E-state index contributed by atoms with van der Waals surface area (Å²) in [5.41, 5.74) is 3.91. The van der Waals surface area contributed by atoms with Gasteiger partial charge < -0.3 is 28.6 Å². The number of amides is 1. The second kappa shape index (κ2) is 13.7. The van der Waals surface area contributed by atoms with Crippen LogP contribution >= 0.6 is 0 Å². The highest BCUT2D eigenvalue weighted by atomic mass is 32.2. The number of nitrogens with zero attached hydrogens (tertiary/aromatic N) is 5. The minimum absolute atomic E-state index is 0. The van der Waals surface area contributed by atoms with Crippen LogP contribution < -0.4 is 18.9 Å². The van der Waals surface area contributed by atoms with Crippen molar-refractivity contribution in [3.8, 4) is 23.3 Å². The van der Waals surface area contributed by atoms with Crippen molar-refractivity contribution in [1.82, 2.24) is 23.5 Å². The van der Waals surface area contributed by atoms with Gasteiger partial charge in [-0.3, -0.25) is 0 Å². The molecule has 1 aliphatic carbocycles. The van der Waals surface area contributed by atoms with Crippen molar-refractivity contribution in [3.05, 3.63) is 46.8 Å². The zero-order valence-electron chi connectivity index (χ0n) is 27.6. The molecule has 0 fully saturated rings. The van der Waals surface area contributed by atoms with E-state index in [0.29, 0.717) is 75.9 Å². The van der Waals surface area contributed by atoms with Crippen molar-refractivity contribution < 1.29 is 45.3 Å². The molecule has 0 spiro atoms. The topological polar surface area (TPSA) is 167 Å². The van der Waals surface area contributed by atoms with Crippen LogP contribution in [0.25, 0.3) is 0 Å². The molecule has 5 aliphatic heterocycles. The molecule has 0 saturated carbocycles. The number of carbonyl (C=O) groups excluding carboxylic acids is 1. The van der Waals surface area contributed by atoms with E-state index in [1.165, 1.54) is 44.3 Å². The van der Waals surface area contributed by atoms with E-state index in [9.17, 15) is 21.6 Å². The summed E-state index contributed by atoms with van der Waals surface area (Å²) in [6, 6.07) is 2.97. The fourth-order valence-electron chi connectivity index (χ4n) is 6.49. The van der Waals surface area contributed by atoms with E-state index in [4.69, 9.17) is 23.7 Å². The second-order valence-electron chi connectivity index (χ2n) is 13.5. The zero-order chi connectivity index (χ0) is 34.6. The van der Waals surface area contributed by atoms with Crippen molar-refractivity contribution in [2.24, 2.45) is 0 Å². The Balaban J connectivity index is 0.000000176. The van der Waals surface area contributed by atoms with E-state index in [1.54, 1.807) is 4.90 Å². The smallest absolute Gasteiger partial charge is 0.410 e. The fourth-order valence-corrected chi connectivity index (χ4v) is 9.27. The molecule has 0 N–H and O–H groups in total. The Morgan fingerprint density at radius 2 is 1.10 bits per heavy atom. The van der Waals surface area contributed by atoms with Crippen molar-refractivity contribution in [2.75, 3.05) is 65.7 Å². The first-order valence-electron chi connectivity index (χ1n) is 16.2. The highest BCUT2D eigenvalue weighted by Gasteiger charge is 2.39. The van der Waals surface area contributed by atoms with E-state index in [0.717, 1.165) is 30.4 Å². The number of hydrogen-bond acceptors (Lipinski definition) is 12. The van der Waals surface area contributed by atoms with Crippen LogP contribution in [-0.2, 0) is 24.8 Å². The van der Waals surface area contributed by atoms with Crippen LogP contribution in [0.4, 0.5) is 4.79 Å². The fraction of sp³-hybridized carbons (Fsp3) is 0.545. The van der Waals surface area contributed by atoms with Gasteiger partial charge in [0.1, 0.15) is 41.8 Å². The van der Waals surface area contributed by atoms with Gasteiger partial charge in [-0.15, -0.1) is 0 Å². The zero-order valence-corrected chi connectivity index (χ0v) is 29.3. The first-order valence-corrected chi connectivity index (χ1v) is 19.0. The highest BCUT2D eigenvalue weighted by molar-refractivity contribution is 7.89. The van der Waals surface area contributed by atoms with Crippen LogP contribution in [0.15, 0.2) is 56.6 Å². The van der Waals surface area contributed by atoms with Crippen LogP contribution in [0.2, 0.25) is 0 Å². The molecular weight excluding hydrogens is 691 g/mol. The van der Waals surface area contributed by atoms with Gasteiger partial charge in [0.25, 0.3) is 11.8 Å². The second-order valence-corrected chi connectivity index (χ2v) is 17.4. The average molecular weight is 734 g/mol. The average Bonchev–Trinajstić information content (AvgIpc) is 3.85. The lowest BCUT2D eigenvalue weighted by Gasteiger charge is -2.26. The third-order valence-electron chi connectivity index (χ3n) is 8.86. The van der Waals surface area contributed by atoms with Crippen LogP contribution in [0.3, 0.4) is 0 Å². The SMILES string of the molecule is C.CC(C)(C)OC(=O)N1CC2=C(C1)CN(S(=O)(=O)c1cnc3c(c1)OCCO3)C2.O=S(=O)(c1cnc2c(c1)OCCO2)N1CC2=C(CCC2)C1. The minimum atomic E-state index is -3.72. The summed E-state index contributed by atoms with van der Waals surface area (Å²) in [5.74, 6) is 1.41. The molecular formula is C33H43N5O10S2. The van der Waals surface area contributed by atoms with E-state index in [2.05, 4.69) is 9.97 Å². The maximum absolute atomic E-state index is 13.0. The Labute approximate surface area is 292 Å². The van der Waals surface area contributed by atoms with Crippen molar-refractivity contribution in [3.63, 3.8) is 0 Å². The Bertz CT molecular complexity index is 1920. The Kier molecular flexibility index (Phi) is 9.80. The van der Waals surface area contributed by atoms with Gasteiger partial charge in [0.2, 0.25) is 20.0 Å². The minimum Gasteiger partial charge on any atom is -0.484 e. The van der Waals surface area contributed by atoms with Crippen LogP contribution in [0.5, 0.6) is 23.3 Å². The molecule has 0 atom stereocenters. The monoisotopic (exact) mass is 733 g/mol. The molecule has 8 rings (SSSR count). The molecule has 1 amide bonds. The van der Waals surface area contributed by atoms with Crippen LogP contribution in [0, 0.1) is 0 Å². The number of fused-ring (bicyclic) bond motifs is 2. The number of pyridine rings is 2. The molecule has 7 heterocycles. The van der Waals surface area contributed by atoms with Gasteiger partial charge in [-0.25, -0.2) is 31.6 Å². The first-order chi connectivity index (χ1) is 23.3. The summed E-state index contributed by atoms with van der Waals surface area (Å²) in [7, 11) is -7.24. The van der Waals surface area contributed by atoms with Gasteiger partial charge in [-0.2, -0.15) is 8.61 Å². The summed E-state index contributed by atoms with van der Waals surface area (Å²) in [6.45, 7) is 9.38. The molecule has 17 heteroatoms. The summed E-state index contributed by atoms with van der Waals surface area (Å²) in [4.78, 5) is 22.2. The number of carbonyl (C=O) groups is 1. The Morgan fingerprint density at radius 1 is 0.680 bits per heavy atom. The predicted molar refractivity (Wildman–Crippen MR) is 180 cm³/mol. The van der Waals surface area contributed by atoms with Gasteiger partial charge in [-0.1, -0.05) is 18.6 Å². The molecule has 272 valence electrons. The molecule has 6 aliphatic rings. The largest absolute Gasteiger partial charge is 0.484 e. The molecule has 2 aromatic heterocycles. The van der Waals surface area contributed by atoms with Crippen molar-refractivity contribution in [2.45, 2.75) is 62.9 Å². The summed E-state index contributed by atoms with van der Waals surface area (Å²) in [6.07, 6.45) is 5.48. The number of hydrogen-bond donors (Lipinski definition) is 0. The molecule has 0 bridgehead atoms. The molecule has 15 nitrogen and oxygen atoms in total. The summed E-state index contributed by atoms with van der Waals surface area (Å²) in [5, 5.41) is 0. The lowest BCUT2D eigenvalue weighted by atomic mass is 10.2. The maximum atomic E-state index is 13.0. The normalized spacial score (nSPS) is 20.2. The maximum Gasteiger partial charge on any atom is 0.410 e. The molecule has 0 unspecified atom stereocenters. The van der Waals surface area contributed by atoms with E-state index >= 15 is 0 Å². The quantitative estimate of drug-likeness (QED) is 0.421. The van der Waals surface area contributed by atoms with E-state index < -0.39 is 25.6 Å². The lowest BCUT2D eigenvalue weighted by Crippen LogP contribution is -2.39. The highest BCUT2D eigenvalue weighted by Crippen LogP contribution is 2.37. The van der Waals surface area contributed by atoms with Crippen molar-refractivity contribution >= 4 is 26.1 Å².